The minimum absolute atomic E-state index is 0.331. The predicted molar refractivity (Wildman–Crippen MR) is 62.0 cm³/mol. The van der Waals surface area contributed by atoms with Gasteiger partial charge in [0.15, 0.2) is 0 Å². The lowest BCUT2D eigenvalue weighted by molar-refractivity contribution is 0.637. The molecular formula is C11H17N5. The Morgan fingerprint density at radius 3 is 2.94 bits per heavy atom. The van der Waals surface area contributed by atoms with Crippen LogP contribution in [0.3, 0.4) is 0 Å². The van der Waals surface area contributed by atoms with Crippen LogP contribution in [0.5, 0.6) is 0 Å². The molecule has 1 unspecified atom stereocenters. The highest BCUT2D eigenvalue weighted by Crippen LogP contribution is 2.10. The molecule has 0 aromatic carbocycles. The maximum atomic E-state index is 4.32. The molecule has 0 bridgehead atoms. The molecule has 0 saturated carbocycles. The van der Waals surface area contributed by atoms with Gasteiger partial charge in [-0.05, 0) is 20.0 Å². The monoisotopic (exact) mass is 219 g/mol. The molecule has 2 heterocycles. The van der Waals surface area contributed by atoms with E-state index in [4.69, 9.17) is 0 Å². The number of hydrogen-bond acceptors (Lipinski definition) is 3. The van der Waals surface area contributed by atoms with Crippen molar-refractivity contribution >= 4 is 0 Å². The molecule has 0 amide bonds. The van der Waals surface area contributed by atoms with Gasteiger partial charge in [-0.3, -0.25) is 9.36 Å². The summed E-state index contributed by atoms with van der Waals surface area (Å²) in [5.41, 5.74) is 2.22. The minimum Gasteiger partial charge on any atom is -0.313 e. The molecule has 0 aliphatic rings. The van der Waals surface area contributed by atoms with Gasteiger partial charge < -0.3 is 5.32 Å². The SMILES string of the molecule is CNC(C)c1cnn(Cc2ccn(C)n2)c1. The predicted octanol–water partition coefficient (Wildman–Crippen LogP) is 0.945. The highest BCUT2D eigenvalue weighted by Gasteiger charge is 2.06. The molecule has 0 radical (unpaired) electrons. The number of aryl methyl sites for hydroxylation is 1. The molecule has 0 aliphatic heterocycles. The van der Waals surface area contributed by atoms with Gasteiger partial charge in [0.2, 0.25) is 0 Å². The summed E-state index contributed by atoms with van der Waals surface area (Å²) in [5.74, 6) is 0. The quantitative estimate of drug-likeness (QED) is 0.832. The van der Waals surface area contributed by atoms with Crippen LogP contribution in [-0.4, -0.2) is 26.6 Å². The third-order valence-electron chi connectivity index (χ3n) is 2.68. The van der Waals surface area contributed by atoms with E-state index in [1.165, 1.54) is 5.56 Å². The molecule has 1 atom stereocenters. The summed E-state index contributed by atoms with van der Waals surface area (Å²) in [4.78, 5) is 0. The van der Waals surface area contributed by atoms with E-state index in [9.17, 15) is 0 Å². The summed E-state index contributed by atoms with van der Waals surface area (Å²) in [7, 11) is 3.86. The summed E-state index contributed by atoms with van der Waals surface area (Å²) < 4.78 is 3.71. The third kappa shape index (κ3) is 2.30. The molecule has 0 aliphatic carbocycles. The van der Waals surface area contributed by atoms with Gasteiger partial charge in [-0.1, -0.05) is 0 Å². The molecule has 0 spiro atoms. The number of nitrogens with zero attached hydrogens (tertiary/aromatic N) is 4. The fourth-order valence-electron chi connectivity index (χ4n) is 1.57. The Hall–Kier alpha value is -1.62. The van der Waals surface area contributed by atoms with Crippen LogP contribution >= 0.6 is 0 Å². The summed E-state index contributed by atoms with van der Waals surface area (Å²) in [6, 6.07) is 2.33. The van der Waals surface area contributed by atoms with Crippen LogP contribution in [-0.2, 0) is 13.6 Å². The molecule has 2 aromatic heterocycles. The standard InChI is InChI=1S/C11H17N5/c1-9(12-2)10-6-13-16(7-10)8-11-4-5-15(3)14-11/h4-7,9,12H,8H2,1-3H3. The molecule has 16 heavy (non-hydrogen) atoms. The fourth-order valence-corrected chi connectivity index (χ4v) is 1.57. The first-order chi connectivity index (χ1) is 7.69. The van der Waals surface area contributed by atoms with Crippen molar-refractivity contribution < 1.29 is 0 Å². The molecule has 2 rings (SSSR count). The second kappa shape index (κ2) is 4.49. The van der Waals surface area contributed by atoms with Gasteiger partial charge in [0.05, 0.1) is 18.4 Å². The van der Waals surface area contributed by atoms with Crippen LogP contribution in [0.2, 0.25) is 0 Å². The van der Waals surface area contributed by atoms with Gasteiger partial charge in [0, 0.05) is 31.0 Å². The topological polar surface area (TPSA) is 47.7 Å². The van der Waals surface area contributed by atoms with Gasteiger partial charge in [0.1, 0.15) is 0 Å². The van der Waals surface area contributed by atoms with Gasteiger partial charge in [-0.2, -0.15) is 10.2 Å². The average molecular weight is 219 g/mol. The van der Waals surface area contributed by atoms with Crippen molar-refractivity contribution in [3.8, 4) is 0 Å². The lowest BCUT2D eigenvalue weighted by atomic mass is 10.2. The highest BCUT2D eigenvalue weighted by molar-refractivity contribution is 5.10. The van der Waals surface area contributed by atoms with E-state index in [0.29, 0.717) is 6.04 Å². The molecule has 1 N–H and O–H groups in total. The van der Waals surface area contributed by atoms with Crippen molar-refractivity contribution in [2.45, 2.75) is 19.5 Å². The maximum Gasteiger partial charge on any atom is 0.0849 e. The molecule has 5 heteroatoms. The second-order valence-electron chi connectivity index (χ2n) is 3.96. The van der Waals surface area contributed by atoms with Crippen LogP contribution in [0.4, 0.5) is 0 Å². The molecule has 0 saturated heterocycles. The Balaban J connectivity index is 2.08. The highest BCUT2D eigenvalue weighted by atomic mass is 15.3. The minimum atomic E-state index is 0.331. The Bertz CT molecular complexity index is 456. The summed E-state index contributed by atoms with van der Waals surface area (Å²) in [6.45, 7) is 2.83. The van der Waals surface area contributed by atoms with Crippen LogP contribution in [0.1, 0.15) is 24.2 Å². The zero-order valence-corrected chi connectivity index (χ0v) is 9.88. The van der Waals surface area contributed by atoms with Crippen molar-refractivity contribution in [1.82, 2.24) is 24.9 Å². The summed E-state index contributed by atoms with van der Waals surface area (Å²) in [5, 5.41) is 11.8. The normalized spacial score (nSPS) is 12.9. The van der Waals surface area contributed by atoms with Crippen molar-refractivity contribution in [1.29, 1.82) is 0 Å². The molecule has 2 aromatic rings. The first kappa shape index (κ1) is 10.9. The zero-order chi connectivity index (χ0) is 11.5. The Morgan fingerprint density at radius 1 is 1.50 bits per heavy atom. The molecular weight excluding hydrogens is 202 g/mol. The molecule has 86 valence electrons. The van der Waals surface area contributed by atoms with E-state index in [-0.39, 0.29) is 0 Å². The van der Waals surface area contributed by atoms with Crippen LogP contribution in [0, 0.1) is 0 Å². The number of nitrogens with one attached hydrogen (secondary N) is 1. The molecule has 5 nitrogen and oxygen atoms in total. The second-order valence-corrected chi connectivity index (χ2v) is 3.96. The Labute approximate surface area is 95.1 Å². The maximum absolute atomic E-state index is 4.32. The fraction of sp³-hybridized carbons (Fsp3) is 0.455. The van der Waals surface area contributed by atoms with Gasteiger partial charge in [-0.15, -0.1) is 0 Å². The Morgan fingerprint density at radius 2 is 2.31 bits per heavy atom. The average Bonchev–Trinajstić information content (AvgIpc) is 2.87. The smallest absolute Gasteiger partial charge is 0.0849 e. The van der Waals surface area contributed by atoms with Crippen molar-refractivity contribution in [2.75, 3.05) is 7.05 Å². The molecule has 0 fully saturated rings. The first-order valence-electron chi connectivity index (χ1n) is 5.37. The van der Waals surface area contributed by atoms with E-state index in [1.807, 2.05) is 37.2 Å². The van der Waals surface area contributed by atoms with E-state index >= 15 is 0 Å². The summed E-state index contributed by atoms with van der Waals surface area (Å²) in [6.07, 6.45) is 5.88. The van der Waals surface area contributed by atoms with E-state index in [0.717, 1.165) is 12.2 Å². The number of rotatable bonds is 4. The van der Waals surface area contributed by atoms with Crippen molar-refractivity contribution in [3.63, 3.8) is 0 Å². The van der Waals surface area contributed by atoms with Crippen molar-refractivity contribution in [3.05, 3.63) is 35.9 Å². The Kier molecular flexibility index (Phi) is 3.05. The lowest BCUT2D eigenvalue weighted by Gasteiger charge is -2.05. The first-order valence-corrected chi connectivity index (χ1v) is 5.37. The number of hydrogen-bond donors (Lipinski definition) is 1. The van der Waals surface area contributed by atoms with Crippen LogP contribution in [0.15, 0.2) is 24.7 Å². The van der Waals surface area contributed by atoms with E-state index < -0.39 is 0 Å². The van der Waals surface area contributed by atoms with Crippen LogP contribution < -0.4 is 5.32 Å². The summed E-state index contributed by atoms with van der Waals surface area (Å²) >= 11 is 0. The zero-order valence-electron chi connectivity index (χ0n) is 9.88. The van der Waals surface area contributed by atoms with E-state index in [1.54, 1.807) is 4.68 Å². The van der Waals surface area contributed by atoms with Crippen LogP contribution in [0.25, 0.3) is 0 Å². The van der Waals surface area contributed by atoms with Gasteiger partial charge in [-0.25, -0.2) is 0 Å². The largest absolute Gasteiger partial charge is 0.313 e. The number of aromatic nitrogens is 4. The lowest BCUT2D eigenvalue weighted by Crippen LogP contribution is -2.11. The van der Waals surface area contributed by atoms with Gasteiger partial charge in [0.25, 0.3) is 0 Å². The van der Waals surface area contributed by atoms with Gasteiger partial charge >= 0.3 is 0 Å². The van der Waals surface area contributed by atoms with E-state index in [2.05, 4.69) is 28.6 Å². The third-order valence-corrected chi connectivity index (χ3v) is 2.68. The van der Waals surface area contributed by atoms with Crippen molar-refractivity contribution in [2.24, 2.45) is 7.05 Å².